The summed E-state index contributed by atoms with van der Waals surface area (Å²) in [6, 6.07) is 22.5. The first-order valence-electron chi connectivity index (χ1n) is 11.1. The van der Waals surface area contributed by atoms with Crippen molar-refractivity contribution in [3.63, 3.8) is 0 Å². The molecule has 5 rings (SSSR count). The predicted octanol–water partition coefficient (Wildman–Crippen LogP) is 5.84. The van der Waals surface area contributed by atoms with Gasteiger partial charge in [0.2, 0.25) is 0 Å². The second-order valence-corrected chi connectivity index (χ2v) is 8.41. The smallest absolute Gasteiger partial charge is 0.256 e. The van der Waals surface area contributed by atoms with Gasteiger partial charge >= 0.3 is 0 Å². The molecule has 1 amide bonds. The fourth-order valence-electron chi connectivity index (χ4n) is 3.68. The number of halogens is 1. The molecule has 2 aromatic heterocycles. The molecule has 0 radical (unpaired) electrons. The third-order valence-electron chi connectivity index (χ3n) is 5.55. The average Bonchev–Trinajstić information content (AvgIpc) is 3.40. The van der Waals surface area contributed by atoms with E-state index < -0.39 is 5.25 Å². The summed E-state index contributed by atoms with van der Waals surface area (Å²) in [7, 11) is 0. The van der Waals surface area contributed by atoms with Crippen LogP contribution in [0.3, 0.4) is 0 Å². The van der Waals surface area contributed by atoms with Crippen molar-refractivity contribution in [2.75, 3.05) is 5.32 Å². The summed E-state index contributed by atoms with van der Waals surface area (Å²) in [5.74, 6) is -0.0158. The first kappa shape index (κ1) is 25.2. The molecule has 1 unspecified atom stereocenters. The normalized spacial score (nSPS) is 14.7. The highest BCUT2D eigenvalue weighted by atomic mass is 32.1. The van der Waals surface area contributed by atoms with Crippen LogP contribution >= 0.6 is 12.6 Å². The highest BCUT2D eigenvalue weighted by molar-refractivity contribution is 7.81. The summed E-state index contributed by atoms with van der Waals surface area (Å²) < 4.78 is 18.2. The lowest BCUT2D eigenvalue weighted by Crippen LogP contribution is -2.25. The lowest BCUT2D eigenvalue weighted by Gasteiger charge is -2.24. The molecule has 1 atom stereocenters. The summed E-state index contributed by atoms with van der Waals surface area (Å²) >= 11 is 4.33. The number of pyridine rings is 1. The Bertz CT molecular complexity index is 1600. The molecule has 1 aliphatic rings. The molecule has 0 bridgehead atoms. The lowest BCUT2D eigenvalue weighted by molar-refractivity contribution is 0.102. The minimum Gasteiger partial charge on any atom is -0.464 e. The van der Waals surface area contributed by atoms with E-state index >= 15 is 0 Å². The Hall–Kier alpha value is -4.86. The number of nitrogens with zero attached hydrogens (tertiary/aromatic N) is 3. The molecule has 0 spiro atoms. The van der Waals surface area contributed by atoms with Gasteiger partial charge in [-0.15, -0.1) is 0 Å². The molecule has 3 heterocycles. The summed E-state index contributed by atoms with van der Waals surface area (Å²) in [6.45, 7) is 1.75. The second-order valence-electron chi connectivity index (χ2n) is 7.90. The topological polar surface area (TPSA) is 115 Å². The Morgan fingerprint density at radius 1 is 1.05 bits per heavy atom. The molecule has 37 heavy (non-hydrogen) atoms. The lowest BCUT2D eigenvalue weighted by atomic mass is 9.95. The number of benzene rings is 2. The fraction of sp³-hybridized carbons (Fsp3) is 0.0714. The molecule has 9 heteroatoms. The molecule has 0 aliphatic carbocycles. The largest absolute Gasteiger partial charge is 0.464 e. The highest BCUT2D eigenvalue weighted by Crippen LogP contribution is 2.31. The van der Waals surface area contributed by atoms with Crippen molar-refractivity contribution < 1.29 is 13.6 Å². The van der Waals surface area contributed by atoms with Crippen molar-refractivity contribution in [3.05, 3.63) is 113 Å². The van der Waals surface area contributed by atoms with E-state index in [2.05, 4.69) is 34.3 Å². The number of carbonyl (C=O) groups is 1. The number of amides is 1. The number of allylic oxidation sites excluding steroid dienone is 1. The fourth-order valence-corrected chi connectivity index (χ4v) is 4.12. The zero-order valence-corrected chi connectivity index (χ0v) is 20.5. The molecule has 0 saturated heterocycles. The number of thiol groups is 1. The van der Waals surface area contributed by atoms with Crippen LogP contribution in [0.25, 0.3) is 16.7 Å². The van der Waals surface area contributed by atoms with Gasteiger partial charge in [-0.3, -0.25) is 4.79 Å². The molecule has 0 saturated carbocycles. The van der Waals surface area contributed by atoms with Crippen molar-refractivity contribution in [2.24, 2.45) is 0 Å². The van der Waals surface area contributed by atoms with Crippen molar-refractivity contribution in [3.8, 4) is 12.1 Å². The Labute approximate surface area is 218 Å². The molecule has 2 N–H and O–H groups in total. The van der Waals surface area contributed by atoms with E-state index in [9.17, 15) is 14.4 Å². The van der Waals surface area contributed by atoms with E-state index in [0.717, 1.165) is 5.39 Å². The number of anilines is 1. The van der Waals surface area contributed by atoms with Crippen molar-refractivity contribution in [1.82, 2.24) is 10.3 Å². The zero-order chi connectivity index (χ0) is 26.4. The molecular weight excluding hydrogens is 489 g/mol. The zero-order valence-electron chi connectivity index (χ0n) is 19.6. The predicted molar refractivity (Wildman–Crippen MR) is 142 cm³/mol. The molecule has 182 valence electrons. The van der Waals surface area contributed by atoms with Gasteiger partial charge in [0, 0.05) is 17.5 Å². The van der Waals surface area contributed by atoms with E-state index in [-0.39, 0.29) is 11.7 Å². The number of fused-ring (bicyclic) bond motifs is 1. The van der Waals surface area contributed by atoms with Gasteiger partial charge in [0.15, 0.2) is 0 Å². The van der Waals surface area contributed by atoms with Crippen LogP contribution in [0.1, 0.15) is 22.8 Å². The molecule has 7 nitrogen and oxygen atoms in total. The number of hydrogen-bond donors (Lipinski definition) is 3. The summed E-state index contributed by atoms with van der Waals surface area (Å²) in [4.78, 5) is 16.2. The number of rotatable bonds is 3. The average molecular weight is 510 g/mol. The van der Waals surface area contributed by atoms with Crippen LogP contribution in [0.15, 0.2) is 100 Å². The van der Waals surface area contributed by atoms with Gasteiger partial charge < -0.3 is 15.1 Å². The van der Waals surface area contributed by atoms with E-state index in [1.54, 1.807) is 55.8 Å². The van der Waals surface area contributed by atoms with Crippen molar-refractivity contribution in [1.29, 1.82) is 10.5 Å². The quantitative estimate of drug-likeness (QED) is 0.299. The van der Waals surface area contributed by atoms with Gasteiger partial charge in [0.05, 0.1) is 45.9 Å². The summed E-state index contributed by atoms with van der Waals surface area (Å²) in [5.41, 5.74) is 3.99. The molecule has 4 aromatic rings. The Kier molecular flexibility index (Phi) is 7.68. The van der Waals surface area contributed by atoms with Crippen LogP contribution < -0.4 is 10.6 Å². The van der Waals surface area contributed by atoms with Crippen LogP contribution in [0.2, 0.25) is 0 Å². The monoisotopic (exact) mass is 509 g/mol. The van der Waals surface area contributed by atoms with Crippen LogP contribution in [0, 0.1) is 28.5 Å². The van der Waals surface area contributed by atoms with Gasteiger partial charge in [-0.2, -0.15) is 23.2 Å². The number of dihydropyridines is 1. The summed E-state index contributed by atoms with van der Waals surface area (Å²) in [5, 5.41) is 24.3. The third-order valence-corrected chi connectivity index (χ3v) is 6.07. The van der Waals surface area contributed by atoms with Crippen LogP contribution in [0.5, 0.6) is 0 Å². The van der Waals surface area contributed by atoms with E-state index in [0.29, 0.717) is 45.1 Å². The van der Waals surface area contributed by atoms with E-state index in [1.165, 1.54) is 12.1 Å². The number of nitriles is 2. The van der Waals surface area contributed by atoms with Gasteiger partial charge in [-0.1, -0.05) is 18.2 Å². The minimum atomic E-state index is -0.559. The third kappa shape index (κ3) is 5.53. The maximum absolute atomic E-state index is 12.9. The van der Waals surface area contributed by atoms with Gasteiger partial charge in [-0.05, 0) is 61.0 Å². The number of furan rings is 1. The Balaban J connectivity index is 0.000000173. The van der Waals surface area contributed by atoms with Gasteiger partial charge in [0.25, 0.3) is 5.91 Å². The van der Waals surface area contributed by atoms with E-state index in [1.807, 2.05) is 24.3 Å². The first-order chi connectivity index (χ1) is 17.9. The molecule has 0 fully saturated rings. The number of aromatic nitrogens is 1. The van der Waals surface area contributed by atoms with Crippen molar-refractivity contribution in [2.45, 2.75) is 12.2 Å². The Morgan fingerprint density at radius 2 is 1.76 bits per heavy atom. The number of hydrogen-bond acceptors (Lipinski definition) is 7. The molecular formula is C28H20FN5O2S. The van der Waals surface area contributed by atoms with Crippen LogP contribution in [-0.4, -0.2) is 16.1 Å². The molecule has 2 aromatic carbocycles. The van der Waals surface area contributed by atoms with Gasteiger partial charge in [0.1, 0.15) is 17.2 Å². The number of carbonyl (C=O) groups excluding carboxylic acids is 1. The Morgan fingerprint density at radius 3 is 2.43 bits per heavy atom. The SMILES string of the molecule is CC1=C(C#N)C(S)C(C#N)=C(c2ccc(F)cc2)N1.O=C(Nc1nccc2occc12)c1ccccc1. The minimum absolute atomic E-state index is 0.184. The first-order valence-corrected chi connectivity index (χ1v) is 11.6. The van der Waals surface area contributed by atoms with Crippen LogP contribution in [-0.2, 0) is 0 Å². The molecule has 1 aliphatic heterocycles. The van der Waals surface area contributed by atoms with E-state index in [4.69, 9.17) is 9.68 Å². The highest BCUT2D eigenvalue weighted by Gasteiger charge is 2.27. The number of nitrogens with one attached hydrogen (secondary N) is 2. The van der Waals surface area contributed by atoms with Crippen LogP contribution in [0.4, 0.5) is 10.2 Å². The maximum Gasteiger partial charge on any atom is 0.256 e. The van der Waals surface area contributed by atoms with Crippen molar-refractivity contribution >= 4 is 41.0 Å². The van der Waals surface area contributed by atoms with Gasteiger partial charge in [-0.25, -0.2) is 9.37 Å². The second kappa shape index (κ2) is 11.3. The maximum atomic E-state index is 12.9. The summed E-state index contributed by atoms with van der Waals surface area (Å²) in [6.07, 6.45) is 3.18. The standard InChI is InChI=1S/C14H10FN3S.C14H10N2O2/c1-8-11(6-16)14(19)12(7-17)13(18-8)9-2-4-10(15)5-3-9;17-14(10-4-2-1-3-5-10)16-13-11-7-9-18-12(11)6-8-15-13/h2-5,14,18-19H,1H3;1-9H,(H,15,16,17).